The van der Waals surface area contributed by atoms with Crippen LogP contribution in [-0.2, 0) is 0 Å². The molecule has 0 aliphatic carbocycles. The van der Waals surface area contributed by atoms with Crippen molar-refractivity contribution in [3.63, 3.8) is 0 Å². The molecule has 0 bridgehead atoms. The number of nitrogens with zero attached hydrogens (tertiary/aromatic N) is 4. The Morgan fingerprint density at radius 3 is 2.80 bits per heavy atom. The first-order valence-electron chi connectivity index (χ1n) is 6.20. The minimum atomic E-state index is -0.0695. The van der Waals surface area contributed by atoms with Crippen molar-refractivity contribution in [1.29, 1.82) is 0 Å². The number of aromatic nitrogens is 4. The van der Waals surface area contributed by atoms with Gasteiger partial charge in [-0.3, -0.25) is 4.57 Å². The second-order valence-electron chi connectivity index (χ2n) is 4.75. The average molecular weight is 292 g/mol. The number of nitrogens with two attached hydrogens (primary N) is 1. The molecule has 2 N–H and O–H groups in total. The third kappa shape index (κ3) is 1.84. The molecule has 0 saturated heterocycles. The number of rotatable bonds is 2. The van der Waals surface area contributed by atoms with Crippen LogP contribution in [0.25, 0.3) is 11.2 Å². The Morgan fingerprint density at radius 2 is 2.15 bits per heavy atom. The van der Waals surface area contributed by atoms with E-state index in [2.05, 4.69) is 15.1 Å². The fourth-order valence-electron chi connectivity index (χ4n) is 2.57. The number of halogens is 1. The molecule has 0 aliphatic rings. The van der Waals surface area contributed by atoms with Crippen LogP contribution in [0.2, 0.25) is 5.02 Å². The number of imidazole rings is 1. The quantitative estimate of drug-likeness (QED) is 0.785. The van der Waals surface area contributed by atoms with Crippen molar-refractivity contribution in [2.75, 3.05) is 5.73 Å². The van der Waals surface area contributed by atoms with Crippen molar-refractivity contribution in [1.82, 2.24) is 19.7 Å². The fourth-order valence-corrected chi connectivity index (χ4v) is 2.72. The number of hydrogen-bond donors (Lipinski definition) is 1. The van der Waals surface area contributed by atoms with E-state index in [0.29, 0.717) is 22.1 Å². The van der Waals surface area contributed by atoms with Crippen molar-refractivity contribution in [2.45, 2.75) is 26.8 Å². The summed E-state index contributed by atoms with van der Waals surface area (Å²) in [6, 6.07) is 1.68. The van der Waals surface area contributed by atoms with Gasteiger partial charge in [0.25, 0.3) is 0 Å². The lowest BCUT2D eigenvalue weighted by Gasteiger charge is -2.15. The zero-order chi connectivity index (χ0) is 14.4. The predicted octanol–water partition coefficient (Wildman–Crippen LogP) is 2.88. The zero-order valence-electron chi connectivity index (χ0n) is 11.4. The zero-order valence-corrected chi connectivity index (χ0v) is 12.1. The molecule has 3 rings (SSSR count). The van der Waals surface area contributed by atoms with Crippen molar-refractivity contribution < 1.29 is 4.52 Å². The van der Waals surface area contributed by atoms with E-state index in [9.17, 15) is 0 Å². The number of anilines is 1. The predicted molar refractivity (Wildman–Crippen MR) is 76.7 cm³/mol. The molecule has 20 heavy (non-hydrogen) atoms. The Bertz CT molecular complexity index is 772. The van der Waals surface area contributed by atoms with Gasteiger partial charge in [0, 0.05) is 11.8 Å². The number of fused-ring (bicyclic) bond motifs is 1. The summed E-state index contributed by atoms with van der Waals surface area (Å²) in [4.78, 5) is 8.64. The monoisotopic (exact) mass is 291 g/mol. The fraction of sp³-hybridized carbons (Fsp3) is 0.308. The molecule has 0 aliphatic heterocycles. The maximum Gasteiger partial charge on any atom is 0.203 e. The van der Waals surface area contributed by atoms with Crippen molar-refractivity contribution in [3.05, 3.63) is 34.3 Å². The van der Waals surface area contributed by atoms with Crippen molar-refractivity contribution >= 4 is 28.7 Å². The number of aryl methyl sites for hydroxylation is 2. The molecule has 1 atom stereocenters. The summed E-state index contributed by atoms with van der Waals surface area (Å²) >= 11 is 5.93. The molecule has 0 amide bonds. The first-order valence-corrected chi connectivity index (χ1v) is 6.58. The summed E-state index contributed by atoms with van der Waals surface area (Å²) in [7, 11) is 0. The Labute approximate surface area is 120 Å². The van der Waals surface area contributed by atoms with E-state index in [4.69, 9.17) is 21.9 Å². The van der Waals surface area contributed by atoms with Crippen molar-refractivity contribution in [2.24, 2.45) is 0 Å². The molecule has 0 saturated carbocycles. The van der Waals surface area contributed by atoms with E-state index in [1.165, 1.54) is 0 Å². The molecule has 6 nitrogen and oxygen atoms in total. The van der Waals surface area contributed by atoms with Gasteiger partial charge in [0.2, 0.25) is 5.95 Å². The van der Waals surface area contributed by atoms with Crippen LogP contribution in [0, 0.1) is 13.8 Å². The highest BCUT2D eigenvalue weighted by Gasteiger charge is 2.22. The standard InChI is InChI=1S/C13H14ClN5O/c1-6-11(8(3)20-18-6)7(2)19-12-10(17-13(19)15)4-9(14)5-16-12/h4-5,7H,1-3H3,(H2,15,17). The van der Waals surface area contributed by atoms with E-state index in [0.717, 1.165) is 17.0 Å². The van der Waals surface area contributed by atoms with Crippen LogP contribution in [0.5, 0.6) is 0 Å². The lowest BCUT2D eigenvalue weighted by molar-refractivity contribution is 0.391. The smallest absolute Gasteiger partial charge is 0.203 e. The summed E-state index contributed by atoms with van der Waals surface area (Å²) in [5.41, 5.74) is 9.23. The largest absolute Gasteiger partial charge is 0.369 e. The van der Waals surface area contributed by atoms with Crippen molar-refractivity contribution in [3.8, 4) is 0 Å². The number of hydrogen-bond acceptors (Lipinski definition) is 5. The van der Waals surface area contributed by atoms with Gasteiger partial charge in [0.15, 0.2) is 5.65 Å². The van der Waals surface area contributed by atoms with E-state index < -0.39 is 0 Å². The van der Waals surface area contributed by atoms with E-state index in [-0.39, 0.29) is 6.04 Å². The van der Waals surface area contributed by atoms with Crippen LogP contribution in [0.1, 0.15) is 30.0 Å². The highest BCUT2D eigenvalue weighted by atomic mass is 35.5. The molecular formula is C13H14ClN5O. The molecule has 0 radical (unpaired) electrons. The Hall–Kier alpha value is -2.08. The maximum atomic E-state index is 6.03. The van der Waals surface area contributed by atoms with Crippen LogP contribution < -0.4 is 5.73 Å². The second-order valence-corrected chi connectivity index (χ2v) is 5.19. The first-order chi connectivity index (χ1) is 9.49. The van der Waals surface area contributed by atoms with Crippen LogP contribution >= 0.6 is 11.6 Å². The number of nitrogen functional groups attached to an aromatic ring is 1. The normalized spacial score (nSPS) is 13.0. The Kier molecular flexibility index (Phi) is 2.90. The molecule has 1 unspecified atom stereocenters. The molecular weight excluding hydrogens is 278 g/mol. The van der Waals surface area contributed by atoms with Gasteiger partial charge >= 0.3 is 0 Å². The molecule has 104 valence electrons. The van der Waals surface area contributed by atoms with Gasteiger partial charge in [-0.25, -0.2) is 9.97 Å². The lowest BCUT2D eigenvalue weighted by atomic mass is 10.1. The molecule has 3 aromatic heterocycles. The lowest BCUT2D eigenvalue weighted by Crippen LogP contribution is -2.12. The summed E-state index contributed by atoms with van der Waals surface area (Å²) in [5, 5.41) is 4.51. The highest BCUT2D eigenvalue weighted by Crippen LogP contribution is 2.30. The third-order valence-electron chi connectivity index (χ3n) is 3.42. The second kappa shape index (κ2) is 4.49. The summed E-state index contributed by atoms with van der Waals surface area (Å²) < 4.78 is 7.08. The van der Waals surface area contributed by atoms with Crippen LogP contribution in [0.4, 0.5) is 5.95 Å². The Balaban J connectivity index is 2.22. The summed E-state index contributed by atoms with van der Waals surface area (Å²) in [6.45, 7) is 5.80. The molecule has 3 aromatic rings. The van der Waals surface area contributed by atoms with Gasteiger partial charge in [-0.1, -0.05) is 16.8 Å². The SMILES string of the molecule is Cc1noc(C)c1C(C)n1c(N)nc2cc(Cl)cnc21. The summed E-state index contributed by atoms with van der Waals surface area (Å²) in [6.07, 6.45) is 1.58. The summed E-state index contributed by atoms with van der Waals surface area (Å²) in [5.74, 6) is 1.16. The topological polar surface area (TPSA) is 82.8 Å². The molecule has 0 aromatic carbocycles. The molecule has 0 fully saturated rings. The van der Waals surface area contributed by atoms with Gasteiger partial charge in [-0.05, 0) is 26.8 Å². The van der Waals surface area contributed by atoms with E-state index in [1.807, 2.05) is 25.3 Å². The van der Waals surface area contributed by atoms with Gasteiger partial charge in [-0.15, -0.1) is 0 Å². The van der Waals surface area contributed by atoms with Crippen LogP contribution in [0.3, 0.4) is 0 Å². The number of pyridine rings is 1. The minimum absolute atomic E-state index is 0.0695. The minimum Gasteiger partial charge on any atom is -0.369 e. The van der Waals surface area contributed by atoms with Gasteiger partial charge in [-0.2, -0.15) is 0 Å². The van der Waals surface area contributed by atoms with E-state index >= 15 is 0 Å². The molecule has 7 heteroatoms. The first kappa shape index (κ1) is 12.9. The third-order valence-corrected chi connectivity index (χ3v) is 3.62. The van der Waals surface area contributed by atoms with Gasteiger partial charge in [0.1, 0.15) is 11.3 Å². The molecule has 0 spiro atoms. The molecule has 3 heterocycles. The highest BCUT2D eigenvalue weighted by molar-refractivity contribution is 6.31. The van der Waals surface area contributed by atoms with Gasteiger partial charge < -0.3 is 10.3 Å². The van der Waals surface area contributed by atoms with Gasteiger partial charge in [0.05, 0.1) is 16.8 Å². The Morgan fingerprint density at radius 1 is 1.40 bits per heavy atom. The average Bonchev–Trinajstić information content (AvgIpc) is 2.88. The van der Waals surface area contributed by atoms with E-state index in [1.54, 1.807) is 12.3 Å². The maximum absolute atomic E-state index is 6.03. The van der Waals surface area contributed by atoms with Crippen LogP contribution in [-0.4, -0.2) is 19.7 Å². The van der Waals surface area contributed by atoms with Crippen LogP contribution in [0.15, 0.2) is 16.8 Å².